The van der Waals surface area contributed by atoms with Gasteiger partial charge in [-0.25, -0.2) is 4.79 Å². The Hall–Kier alpha value is -2.13. The molecule has 0 saturated carbocycles. The van der Waals surface area contributed by atoms with Crippen LogP contribution in [0.5, 0.6) is 0 Å². The molecule has 0 heterocycles. The van der Waals surface area contributed by atoms with Crippen molar-refractivity contribution >= 4 is 5.97 Å². The van der Waals surface area contributed by atoms with Crippen LogP contribution in [-0.4, -0.2) is 19.2 Å². The first-order chi connectivity index (χ1) is 9.70. The van der Waals surface area contributed by atoms with E-state index in [0.717, 1.165) is 11.1 Å². The Morgan fingerprint density at radius 1 is 1.00 bits per heavy atom. The minimum atomic E-state index is -0.547. The van der Waals surface area contributed by atoms with Gasteiger partial charge in [-0.2, -0.15) is 0 Å². The molecule has 0 fully saturated rings. The van der Waals surface area contributed by atoms with Crippen molar-refractivity contribution in [2.24, 2.45) is 0 Å². The molecular weight excluding hydrogens is 252 g/mol. The fourth-order valence-corrected chi connectivity index (χ4v) is 1.88. The van der Waals surface area contributed by atoms with Gasteiger partial charge in [0.1, 0.15) is 0 Å². The molecule has 0 aliphatic rings. The molecule has 2 rings (SSSR count). The van der Waals surface area contributed by atoms with Crippen LogP contribution in [0.3, 0.4) is 0 Å². The number of hydrogen-bond acceptors (Lipinski definition) is 3. The fourth-order valence-electron chi connectivity index (χ4n) is 1.88. The molecule has 104 valence electrons. The maximum absolute atomic E-state index is 11.2. The van der Waals surface area contributed by atoms with Crippen molar-refractivity contribution in [3.05, 3.63) is 60.2 Å². The zero-order valence-electron chi connectivity index (χ0n) is 11.7. The molecule has 20 heavy (non-hydrogen) atoms. The highest BCUT2D eigenvalue weighted by Crippen LogP contribution is 2.19. The summed E-state index contributed by atoms with van der Waals surface area (Å²) in [5.41, 5.74) is 3.37. The van der Waals surface area contributed by atoms with E-state index in [1.54, 1.807) is 6.92 Å². The van der Waals surface area contributed by atoms with Crippen molar-refractivity contribution in [3.63, 3.8) is 0 Å². The van der Waals surface area contributed by atoms with Gasteiger partial charge in [-0.15, -0.1) is 0 Å². The third kappa shape index (κ3) is 3.68. The number of carbonyl (C=O) groups is 1. The Kier molecular flexibility index (Phi) is 4.91. The second-order valence-electron chi connectivity index (χ2n) is 4.54. The lowest BCUT2D eigenvalue weighted by atomic mass is 10.0. The van der Waals surface area contributed by atoms with Crippen molar-refractivity contribution in [2.75, 3.05) is 7.11 Å². The molecule has 0 aromatic heterocycles. The Balaban J connectivity index is 1.97. The third-order valence-electron chi connectivity index (χ3n) is 3.09. The standard InChI is InChI=1S/C17H18O3/c1-13(17(18)19-2)20-12-14-8-10-16(11-9-14)15-6-4-3-5-7-15/h3-11,13H,12H2,1-2H3/t13-/m0/s1. The molecule has 0 saturated heterocycles. The first kappa shape index (κ1) is 14.3. The SMILES string of the molecule is COC(=O)[C@H](C)OCc1ccc(-c2ccccc2)cc1. The lowest BCUT2D eigenvalue weighted by Gasteiger charge is -2.11. The van der Waals surface area contributed by atoms with E-state index in [2.05, 4.69) is 29.0 Å². The van der Waals surface area contributed by atoms with E-state index in [1.165, 1.54) is 12.7 Å². The second-order valence-corrected chi connectivity index (χ2v) is 4.54. The van der Waals surface area contributed by atoms with Crippen LogP contribution >= 0.6 is 0 Å². The zero-order chi connectivity index (χ0) is 14.4. The lowest BCUT2D eigenvalue weighted by molar-refractivity contribution is -0.153. The molecule has 0 amide bonds. The predicted molar refractivity (Wildman–Crippen MR) is 78.1 cm³/mol. The van der Waals surface area contributed by atoms with E-state index < -0.39 is 6.10 Å². The number of benzene rings is 2. The summed E-state index contributed by atoms with van der Waals surface area (Å²) in [5.74, 6) is -0.356. The highest BCUT2D eigenvalue weighted by atomic mass is 16.6. The van der Waals surface area contributed by atoms with Crippen LogP contribution in [-0.2, 0) is 20.9 Å². The Bertz CT molecular complexity index is 546. The summed E-state index contributed by atoms with van der Waals surface area (Å²) in [4.78, 5) is 11.2. The molecule has 0 unspecified atom stereocenters. The largest absolute Gasteiger partial charge is 0.467 e. The number of rotatable bonds is 5. The zero-order valence-corrected chi connectivity index (χ0v) is 11.7. The number of hydrogen-bond donors (Lipinski definition) is 0. The van der Waals surface area contributed by atoms with Crippen molar-refractivity contribution in [1.29, 1.82) is 0 Å². The minimum Gasteiger partial charge on any atom is -0.467 e. The number of carbonyl (C=O) groups excluding carboxylic acids is 1. The van der Waals surface area contributed by atoms with Crippen LogP contribution in [0.2, 0.25) is 0 Å². The third-order valence-corrected chi connectivity index (χ3v) is 3.09. The average Bonchev–Trinajstić information content (AvgIpc) is 2.53. The Morgan fingerprint density at radius 2 is 1.60 bits per heavy atom. The molecule has 0 aliphatic heterocycles. The lowest BCUT2D eigenvalue weighted by Crippen LogP contribution is -2.21. The van der Waals surface area contributed by atoms with E-state index in [-0.39, 0.29) is 5.97 Å². The predicted octanol–water partition coefficient (Wildman–Crippen LogP) is 3.43. The summed E-state index contributed by atoms with van der Waals surface area (Å²) in [6.45, 7) is 2.08. The molecule has 3 nitrogen and oxygen atoms in total. The van der Waals surface area contributed by atoms with Gasteiger partial charge in [0, 0.05) is 0 Å². The van der Waals surface area contributed by atoms with Gasteiger partial charge in [0.15, 0.2) is 6.10 Å². The number of esters is 1. The topological polar surface area (TPSA) is 35.5 Å². The number of methoxy groups -OCH3 is 1. The van der Waals surface area contributed by atoms with E-state index in [0.29, 0.717) is 6.61 Å². The van der Waals surface area contributed by atoms with Crippen molar-refractivity contribution < 1.29 is 14.3 Å². The Morgan fingerprint density at radius 3 is 2.20 bits per heavy atom. The van der Waals surface area contributed by atoms with Crippen LogP contribution in [0, 0.1) is 0 Å². The molecule has 1 atom stereocenters. The summed E-state index contributed by atoms with van der Waals surface area (Å²) in [6, 6.07) is 18.3. The van der Waals surface area contributed by atoms with Crippen LogP contribution < -0.4 is 0 Å². The molecule has 2 aromatic carbocycles. The summed E-state index contributed by atoms with van der Waals surface area (Å²) >= 11 is 0. The quantitative estimate of drug-likeness (QED) is 0.781. The van der Waals surface area contributed by atoms with Gasteiger partial charge in [0.2, 0.25) is 0 Å². The molecular formula is C17H18O3. The molecule has 0 radical (unpaired) electrons. The van der Waals surface area contributed by atoms with Crippen molar-refractivity contribution in [1.82, 2.24) is 0 Å². The van der Waals surface area contributed by atoms with Crippen LogP contribution in [0.15, 0.2) is 54.6 Å². The van der Waals surface area contributed by atoms with Crippen molar-refractivity contribution in [2.45, 2.75) is 19.6 Å². The Labute approximate surface area is 119 Å². The highest BCUT2D eigenvalue weighted by molar-refractivity contribution is 5.73. The highest BCUT2D eigenvalue weighted by Gasteiger charge is 2.13. The van der Waals surface area contributed by atoms with Crippen LogP contribution in [0.25, 0.3) is 11.1 Å². The summed E-state index contributed by atoms with van der Waals surface area (Å²) in [7, 11) is 1.36. The van der Waals surface area contributed by atoms with Gasteiger partial charge in [0.25, 0.3) is 0 Å². The van der Waals surface area contributed by atoms with E-state index >= 15 is 0 Å². The molecule has 0 aliphatic carbocycles. The van der Waals surface area contributed by atoms with Crippen LogP contribution in [0.1, 0.15) is 12.5 Å². The average molecular weight is 270 g/mol. The molecule has 0 bridgehead atoms. The van der Waals surface area contributed by atoms with Gasteiger partial charge >= 0.3 is 5.97 Å². The van der Waals surface area contributed by atoms with Gasteiger partial charge in [-0.3, -0.25) is 0 Å². The monoisotopic (exact) mass is 270 g/mol. The molecule has 0 spiro atoms. The normalized spacial score (nSPS) is 11.9. The fraction of sp³-hybridized carbons (Fsp3) is 0.235. The molecule has 3 heteroatoms. The maximum atomic E-state index is 11.2. The summed E-state index contributed by atoms with van der Waals surface area (Å²) < 4.78 is 10.1. The number of ether oxygens (including phenoxy) is 2. The summed E-state index contributed by atoms with van der Waals surface area (Å²) in [6.07, 6.45) is -0.547. The molecule has 0 N–H and O–H groups in total. The molecule has 2 aromatic rings. The summed E-state index contributed by atoms with van der Waals surface area (Å²) in [5, 5.41) is 0. The smallest absolute Gasteiger partial charge is 0.334 e. The maximum Gasteiger partial charge on any atom is 0.334 e. The van der Waals surface area contributed by atoms with Crippen molar-refractivity contribution in [3.8, 4) is 11.1 Å². The minimum absolute atomic E-state index is 0.356. The van der Waals surface area contributed by atoms with E-state index in [1.807, 2.05) is 30.3 Å². The van der Waals surface area contributed by atoms with Gasteiger partial charge in [-0.1, -0.05) is 54.6 Å². The second kappa shape index (κ2) is 6.87. The van der Waals surface area contributed by atoms with E-state index in [4.69, 9.17) is 4.74 Å². The first-order valence-corrected chi connectivity index (χ1v) is 6.54. The van der Waals surface area contributed by atoms with Gasteiger partial charge < -0.3 is 9.47 Å². The first-order valence-electron chi connectivity index (χ1n) is 6.54. The van der Waals surface area contributed by atoms with Gasteiger partial charge in [-0.05, 0) is 23.6 Å². The van der Waals surface area contributed by atoms with Crippen LogP contribution in [0.4, 0.5) is 0 Å². The van der Waals surface area contributed by atoms with Gasteiger partial charge in [0.05, 0.1) is 13.7 Å². The van der Waals surface area contributed by atoms with E-state index in [9.17, 15) is 4.79 Å².